The summed E-state index contributed by atoms with van der Waals surface area (Å²) in [5.74, 6) is 1.80. The molecule has 1 heterocycles. The highest BCUT2D eigenvalue weighted by atomic mass is 31.1. The molecule has 1 aromatic carbocycles. The average Bonchev–Trinajstić information content (AvgIpc) is 2.85. The van der Waals surface area contributed by atoms with E-state index in [-0.39, 0.29) is 10.2 Å². The zero-order chi connectivity index (χ0) is 18.8. The quantitative estimate of drug-likeness (QED) is 0.494. The number of hydrogen-bond donors (Lipinski definition) is 0. The summed E-state index contributed by atoms with van der Waals surface area (Å²) in [5.41, 5.74) is 3.19. The van der Waals surface area contributed by atoms with Gasteiger partial charge in [0.1, 0.15) is 16.9 Å². The lowest BCUT2D eigenvalue weighted by Crippen LogP contribution is -2.18. The molecule has 0 aliphatic rings. The number of ether oxygens (including phenoxy) is 1. The fourth-order valence-corrected chi connectivity index (χ4v) is 2.97. The average molecular weight is 392 g/mol. The number of nitrogens with zero attached hydrogens (tertiary/aromatic N) is 2. The Morgan fingerprint density at radius 2 is 1.76 bits per heavy atom. The highest BCUT2D eigenvalue weighted by Crippen LogP contribution is 2.38. The van der Waals surface area contributed by atoms with E-state index in [0.29, 0.717) is 0 Å². The third kappa shape index (κ3) is 5.49. The number of rotatable bonds is 6. The predicted octanol–water partition coefficient (Wildman–Crippen LogP) is 5.29. The van der Waals surface area contributed by atoms with E-state index < -0.39 is 0 Å². The summed E-state index contributed by atoms with van der Waals surface area (Å²) < 4.78 is 7.96. The SMILES string of the molecule is C=C/C(=C\n1c(C)cnc1C(C)(P)P)c1ccc(OC(C)(C)P)cc1. The van der Waals surface area contributed by atoms with E-state index in [2.05, 4.69) is 57.0 Å². The number of allylic oxidation sites excluding steroid dienone is 2. The normalized spacial score (nSPS) is 13.0. The van der Waals surface area contributed by atoms with Gasteiger partial charge in [0, 0.05) is 18.1 Å². The molecule has 3 unspecified atom stereocenters. The van der Waals surface area contributed by atoms with Gasteiger partial charge in [0.2, 0.25) is 0 Å². The maximum absolute atomic E-state index is 5.86. The third-order valence-corrected chi connectivity index (χ3v) is 4.15. The molecule has 0 saturated carbocycles. The minimum absolute atomic E-state index is 0.195. The molecule has 3 nitrogen and oxygen atoms in total. The van der Waals surface area contributed by atoms with E-state index in [1.165, 1.54) is 0 Å². The first kappa shape index (κ1) is 20.3. The molecule has 3 atom stereocenters. The van der Waals surface area contributed by atoms with Crippen LogP contribution in [0.25, 0.3) is 11.8 Å². The van der Waals surface area contributed by atoms with Crippen LogP contribution < -0.4 is 4.74 Å². The molecule has 0 saturated heterocycles. The Bertz CT molecular complexity index is 778. The largest absolute Gasteiger partial charge is 0.484 e. The highest BCUT2D eigenvalue weighted by Gasteiger charge is 2.21. The molecular formula is C19H27N2OP3. The maximum atomic E-state index is 5.86. The van der Waals surface area contributed by atoms with Crippen LogP contribution in [0.5, 0.6) is 5.75 Å². The van der Waals surface area contributed by atoms with E-state index in [1.807, 2.05) is 57.3 Å². The summed E-state index contributed by atoms with van der Waals surface area (Å²) in [6.45, 7) is 12.1. The molecule has 1 aromatic heterocycles. The van der Waals surface area contributed by atoms with Gasteiger partial charge in [-0.15, -0.1) is 18.5 Å². The highest BCUT2D eigenvalue weighted by molar-refractivity contribution is 7.38. The van der Waals surface area contributed by atoms with E-state index in [9.17, 15) is 0 Å². The van der Waals surface area contributed by atoms with E-state index >= 15 is 0 Å². The third-order valence-electron chi connectivity index (χ3n) is 3.52. The maximum Gasteiger partial charge on any atom is 0.126 e. The van der Waals surface area contributed by atoms with Gasteiger partial charge in [-0.25, -0.2) is 4.98 Å². The Kier molecular flexibility index (Phi) is 6.26. The summed E-state index contributed by atoms with van der Waals surface area (Å²) in [4.78, 5) is 4.35. The van der Waals surface area contributed by atoms with Crippen LogP contribution in [0.1, 0.15) is 37.9 Å². The van der Waals surface area contributed by atoms with Crippen molar-refractivity contribution in [1.29, 1.82) is 0 Å². The van der Waals surface area contributed by atoms with Crippen molar-refractivity contribution in [2.45, 2.75) is 37.9 Å². The molecule has 25 heavy (non-hydrogen) atoms. The van der Waals surface area contributed by atoms with Crippen molar-refractivity contribution < 1.29 is 4.74 Å². The van der Waals surface area contributed by atoms with Gasteiger partial charge in [-0.05, 0) is 51.0 Å². The van der Waals surface area contributed by atoms with E-state index in [4.69, 9.17) is 4.74 Å². The topological polar surface area (TPSA) is 27.1 Å². The Hall–Kier alpha value is -1.00. The van der Waals surface area contributed by atoms with Gasteiger partial charge < -0.3 is 9.30 Å². The summed E-state index contributed by atoms with van der Waals surface area (Å²) in [6.07, 6.45) is 5.82. The second-order valence-electron chi connectivity index (χ2n) is 6.89. The Balaban J connectivity index is 2.39. The van der Waals surface area contributed by atoms with Gasteiger partial charge in [0.15, 0.2) is 0 Å². The Morgan fingerprint density at radius 1 is 1.16 bits per heavy atom. The van der Waals surface area contributed by atoms with Gasteiger partial charge in [0.05, 0.1) is 4.90 Å². The molecular weight excluding hydrogens is 365 g/mol. The standard InChI is InChI=1S/C19H27N2OP3/c1-6-14(12-21-13(2)11-20-17(21)19(5,24)25)15-7-9-16(10-8-15)22-18(3,4)23/h6-12H,1,23-25H2,2-5H3/b14-12+. The van der Waals surface area contributed by atoms with Gasteiger partial charge in [0.25, 0.3) is 0 Å². The fraction of sp³-hybridized carbons (Fsp3) is 0.316. The summed E-state index contributed by atoms with van der Waals surface area (Å²) in [5, 5.41) is -0.288. The zero-order valence-electron chi connectivity index (χ0n) is 15.3. The Labute approximate surface area is 158 Å². The number of aromatic nitrogens is 2. The lowest BCUT2D eigenvalue weighted by Gasteiger charge is -2.21. The van der Waals surface area contributed by atoms with Crippen LogP contribution in [0.3, 0.4) is 0 Å². The van der Waals surface area contributed by atoms with E-state index in [1.54, 1.807) is 0 Å². The van der Waals surface area contributed by atoms with Crippen LogP contribution in [0.2, 0.25) is 0 Å². The summed E-state index contributed by atoms with van der Waals surface area (Å²) >= 11 is 0. The number of benzene rings is 1. The molecule has 2 rings (SSSR count). The van der Waals surface area contributed by atoms with Crippen molar-refractivity contribution >= 4 is 39.5 Å². The number of hydrogen-bond acceptors (Lipinski definition) is 2. The van der Waals surface area contributed by atoms with Crippen molar-refractivity contribution in [3.05, 3.63) is 60.2 Å². The lowest BCUT2D eigenvalue weighted by atomic mass is 10.1. The molecule has 0 N–H and O–H groups in total. The molecule has 0 fully saturated rings. The van der Waals surface area contributed by atoms with Gasteiger partial charge in [-0.3, -0.25) is 0 Å². The van der Waals surface area contributed by atoms with Crippen molar-refractivity contribution in [2.24, 2.45) is 0 Å². The summed E-state index contributed by atoms with van der Waals surface area (Å²) in [7, 11) is 8.31. The molecule has 134 valence electrons. The predicted molar refractivity (Wildman–Crippen MR) is 119 cm³/mol. The minimum atomic E-state index is -0.288. The van der Waals surface area contributed by atoms with Gasteiger partial charge in [-0.2, -0.15) is 0 Å². The van der Waals surface area contributed by atoms with Gasteiger partial charge in [-0.1, -0.05) is 34.0 Å². The molecule has 0 spiro atoms. The monoisotopic (exact) mass is 392 g/mol. The lowest BCUT2D eigenvalue weighted by molar-refractivity contribution is 0.206. The molecule has 0 aliphatic heterocycles. The van der Waals surface area contributed by atoms with E-state index in [0.717, 1.165) is 28.4 Å². The smallest absolute Gasteiger partial charge is 0.126 e. The Morgan fingerprint density at radius 3 is 2.24 bits per heavy atom. The van der Waals surface area contributed by atoms with Gasteiger partial charge >= 0.3 is 0 Å². The van der Waals surface area contributed by atoms with Crippen LogP contribution in [0.4, 0.5) is 0 Å². The molecule has 0 aliphatic carbocycles. The second-order valence-corrected chi connectivity index (χ2v) is 11.4. The number of imidazole rings is 1. The molecule has 2 aromatic rings. The zero-order valence-corrected chi connectivity index (χ0v) is 18.7. The first-order chi connectivity index (χ1) is 11.5. The van der Waals surface area contributed by atoms with Crippen LogP contribution in [-0.4, -0.2) is 14.9 Å². The molecule has 0 radical (unpaired) electrons. The molecule has 6 heteroatoms. The number of aryl methyl sites for hydroxylation is 1. The second kappa shape index (κ2) is 7.71. The fourth-order valence-electron chi connectivity index (χ4n) is 2.41. The van der Waals surface area contributed by atoms with Crippen molar-refractivity contribution in [3.8, 4) is 5.75 Å². The summed E-state index contributed by atoms with van der Waals surface area (Å²) in [6, 6.07) is 8.06. The van der Waals surface area contributed by atoms with Crippen LogP contribution in [0.15, 0.2) is 43.1 Å². The first-order valence-electron chi connectivity index (χ1n) is 8.06. The van der Waals surface area contributed by atoms with Crippen LogP contribution >= 0.6 is 27.7 Å². The van der Waals surface area contributed by atoms with Crippen molar-refractivity contribution in [1.82, 2.24) is 9.55 Å². The first-order valence-corrected chi connectivity index (χ1v) is 9.79. The molecule has 0 bridgehead atoms. The van der Waals surface area contributed by atoms with Crippen LogP contribution in [-0.2, 0) is 4.90 Å². The van der Waals surface area contributed by atoms with Crippen molar-refractivity contribution in [2.75, 3.05) is 0 Å². The molecule has 0 amide bonds. The minimum Gasteiger partial charge on any atom is -0.484 e. The van der Waals surface area contributed by atoms with Crippen LogP contribution in [0, 0.1) is 6.92 Å². The van der Waals surface area contributed by atoms with Crippen molar-refractivity contribution in [3.63, 3.8) is 0 Å².